The van der Waals surface area contributed by atoms with Crippen molar-refractivity contribution in [3.05, 3.63) is 0 Å². The summed E-state index contributed by atoms with van der Waals surface area (Å²) in [5, 5.41) is 8.99. The van der Waals surface area contributed by atoms with Crippen LogP contribution in [0, 0.1) is 0 Å². The summed E-state index contributed by atoms with van der Waals surface area (Å²) < 4.78 is 0. The van der Waals surface area contributed by atoms with E-state index >= 15 is 0 Å². The van der Waals surface area contributed by atoms with Gasteiger partial charge in [-0.2, -0.15) is 0 Å². The first kappa shape index (κ1) is 7.78. The number of aliphatic imine (C=N–C) groups is 1. The van der Waals surface area contributed by atoms with E-state index < -0.39 is 6.23 Å². The van der Waals surface area contributed by atoms with Gasteiger partial charge in [-0.25, -0.2) is 4.99 Å². The number of amidine groups is 1. The van der Waals surface area contributed by atoms with Gasteiger partial charge in [-0.05, 0) is 13.2 Å². The Bertz CT molecular complexity index is 92.0. The largest absolute Gasteiger partial charge is 0.378 e. The molecule has 8 heavy (non-hydrogen) atoms. The Kier molecular flexibility index (Phi) is 3.64. The van der Waals surface area contributed by atoms with Gasteiger partial charge in [0.05, 0.1) is 0 Å². The van der Waals surface area contributed by atoms with E-state index in [4.69, 9.17) is 10.8 Å². The number of hydrogen-bond acceptors (Lipinski definition) is 3. The Morgan fingerprint density at radius 2 is 2.38 bits per heavy atom. The molecule has 0 bridgehead atoms. The summed E-state index contributed by atoms with van der Waals surface area (Å²) >= 11 is 1.32. The predicted molar refractivity (Wildman–Crippen MR) is 36.8 cm³/mol. The van der Waals surface area contributed by atoms with Crippen LogP contribution in [0.5, 0.6) is 0 Å². The normalized spacial score (nSPS) is 16.1. The van der Waals surface area contributed by atoms with E-state index in [0.29, 0.717) is 5.17 Å². The number of hydrogen-bond donors (Lipinski definition) is 2. The van der Waals surface area contributed by atoms with E-state index in [9.17, 15) is 0 Å². The van der Waals surface area contributed by atoms with Gasteiger partial charge in [0.1, 0.15) is 6.23 Å². The van der Waals surface area contributed by atoms with E-state index in [2.05, 4.69) is 4.99 Å². The van der Waals surface area contributed by atoms with Crippen molar-refractivity contribution in [3.63, 3.8) is 0 Å². The van der Waals surface area contributed by atoms with Crippen molar-refractivity contribution in [2.24, 2.45) is 10.7 Å². The van der Waals surface area contributed by atoms with Crippen LogP contribution in [-0.2, 0) is 0 Å². The second kappa shape index (κ2) is 3.74. The van der Waals surface area contributed by atoms with Crippen LogP contribution in [0.4, 0.5) is 0 Å². The van der Waals surface area contributed by atoms with Crippen molar-refractivity contribution in [1.29, 1.82) is 0 Å². The molecule has 1 atom stereocenters. The summed E-state index contributed by atoms with van der Waals surface area (Å²) in [7, 11) is 0. The molecule has 0 saturated heterocycles. The molecule has 0 aliphatic heterocycles. The zero-order chi connectivity index (χ0) is 6.57. The molecule has 0 unspecified atom stereocenters. The van der Waals surface area contributed by atoms with Gasteiger partial charge in [-0.1, -0.05) is 11.8 Å². The topological polar surface area (TPSA) is 58.6 Å². The Labute approximate surface area is 53.0 Å². The molecule has 0 aliphatic rings. The van der Waals surface area contributed by atoms with Gasteiger partial charge < -0.3 is 10.8 Å². The van der Waals surface area contributed by atoms with Crippen LogP contribution < -0.4 is 5.73 Å². The van der Waals surface area contributed by atoms with Crippen molar-refractivity contribution in [3.8, 4) is 0 Å². The maximum Gasteiger partial charge on any atom is 0.156 e. The second-order valence-corrected chi connectivity index (χ2v) is 2.13. The minimum absolute atomic E-state index is 0.417. The van der Waals surface area contributed by atoms with Crippen molar-refractivity contribution in [2.75, 3.05) is 6.26 Å². The molecular formula is C4H10N2OS. The molecule has 0 radical (unpaired) electrons. The third-order valence-corrected chi connectivity index (χ3v) is 1.05. The van der Waals surface area contributed by atoms with Gasteiger partial charge in [-0.15, -0.1) is 0 Å². The van der Waals surface area contributed by atoms with Gasteiger partial charge in [0.15, 0.2) is 5.17 Å². The summed E-state index contributed by atoms with van der Waals surface area (Å²) in [6, 6.07) is 0. The number of rotatable bonds is 1. The average Bonchev–Trinajstić information content (AvgIpc) is 1.65. The first-order chi connectivity index (χ1) is 3.66. The molecule has 0 aromatic carbocycles. The van der Waals surface area contributed by atoms with Gasteiger partial charge in [0, 0.05) is 0 Å². The molecule has 48 valence electrons. The molecular weight excluding hydrogens is 124 g/mol. The number of aliphatic hydroxyl groups excluding tert-OH is 1. The van der Waals surface area contributed by atoms with Crippen LogP contribution in [0.15, 0.2) is 4.99 Å². The van der Waals surface area contributed by atoms with Crippen LogP contribution in [0.2, 0.25) is 0 Å². The third-order valence-electron chi connectivity index (χ3n) is 0.523. The quantitative estimate of drug-likeness (QED) is 0.392. The minimum atomic E-state index is -0.678. The highest BCUT2D eigenvalue weighted by molar-refractivity contribution is 8.13. The number of nitrogens with two attached hydrogens (primary N) is 1. The molecule has 0 aliphatic carbocycles. The van der Waals surface area contributed by atoms with Gasteiger partial charge in [0.25, 0.3) is 0 Å². The molecule has 0 aromatic rings. The van der Waals surface area contributed by atoms with E-state index in [1.165, 1.54) is 11.8 Å². The highest BCUT2D eigenvalue weighted by Gasteiger charge is 1.89. The first-order valence-corrected chi connectivity index (χ1v) is 3.44. The summed E-state index contributed by atoms with van der Waals surface area (Å²) in [4.78, 5) is 3.61. The fraction of sp³-hybridized carbons (Fsp3) is 0.750. The van der Waals surface area contributed by atoms with E-state index in [1.54, 1.807) is 13.2 Å². The fourth-order valence-corrected chi connectivity index (χ4v) is 0.495. The molecule has 0 fully saturated rings. The SMILES string of the molecule is CSC(N)=N[C@H](C)O. The first-order valence-electron chi connectivity index (χ1n) is 2.22. The fourth-order valence-electron chi connectivity index (χ4n) is 0.237. The molecule has 4 heteroatoms. The van der Waals surface area contributed by atoms with Gasteiger partial charge >= 0.3 is 0 Å². The standard InChI is InChI=1S/C4H10N2OS/c1-3(7)6-4(5)8-2/h3,7H,1-2H3,(H2,5,6)/t3-/m0/s1. The lowest BCUT2D eigenvalue weighted by atomic mass is 10.7. The second-order valence-electron chi connectivity index (χ2n) is 1.30. The molecule has 0 saturated carbocycles. The van der Waals surface area contributed by atoms with Crippen LogP contribution >= 0.6 is 11.8 Å². The van der Waals surface area contributed by atoms with Crippen LogP contribution in [-0.4, -0.2) is 22.8 Å². The van der Waals surface area contributed by atoms with E-state index in [1.807, 2.05) is 0 Å². The van der Waals surface area contributed by atoms with Crippen molar-refractivity contribution in [2.45, 2.75) is 13.2 Å². The van der Waals surface area contributed by atoms with Gasteiger partial charge in [0.2, 0.25) is 0 Å². The summed E-state index contributed by atoms with van der Waals surface area (Å²) in [6.45, 7) is 1.56. The lowest BCUT2D eigenvalue weighted by Gasteiger charge is -1.96. The van der Waals surface area contributed by atoms with E-state index in [-0.39, 0.29) is 0 Å². The summed E-state index contributed by atoms with van der Waals surface area (Å²) in [6.07, 6.45) is 1.13. The number of thioether (sulfide) groups is 1. The molecule has 0 heterocycles. The zero-order valence-electron chi connectivity index (χ0n) is 4.96. The summed E-state index contributed by atoms with van der Waals surface area (Å²) in [5.41, 5.74) is 5.23. The van der Waals surface area contributed by atoms with E-state index in [0.717, 1.165) is 0 Å². The predicted octanol–water partition coefficient (Wildman–Crippen LogP) is 0.00240. The molecule has 3 nitrogen and oxygen atoms in total. The Balaban J connectivity index is 3.56. The maximum atomic E-state index is 8.57. The highest BCUT2D eigenvalue weighted by atomic mass is 32.2. The lowest BCUT2D eigenvalue weighted by Crippen LogP contribution is -2.09. The maximum absolute atomic E-state index is 8.57. The highest BCUT2D eigenvalue weighted by Crippen LogP contribution is 1.92. The molecule has 0 rings (SSSR count). The third kappa shape index (κ3) is 3.95. The van der Waals surface area contributed by atoms with Crippen LogP contribution in [0.25, 0.3) is 0 Å². The van der Waals surface area contributed by atoms with Gasteiger partial charge in [-0.3, -0.25) is 0 Å². The minimum Gasteiger partial charge on any atom is -0.378 e. The number of aliphatic hydroxyl groups is 1. The molecule has 0 aromatic heterocycles. The molecule has 0 spiro atoms. The molecule has 0 amide bonds. The average molecular weight is 134 g/mol. The van der Waals surface area contributed by atoms with Crippen molar-refractivity contribution < 1.29 is 5.11 Å². The Hall–Kier alpha value is -0.220. The number of nitrogens with zero attached hydrogens (tertiary/aromatic N) is 1. The lowest BCUT2D eigenvalue weighted by molar-refractivity contribution is 0.206. The zero-order valence-corrected chi connectivity index (χ0v) is 5.77. The van der Waals surface area contributed by atoms with Crippen LogP contribution in [0.1, 0.15) is 6.92 Å². The molecule has 3 N–H and O–H groups in total. The monoisotopic (exact) mass is 134 g/mol. The Morgan fingerprint density at radius 1 is 1.88 bits per heavy atom. The Morgan fingerprint density at radius 3 is 2.50 bits per heavy atom. The van der Waals surface area contributed by atoms with Crippen LogP contribution in [0.3, 0.4) is 0 Å². The van der Waals surface area contributed by atoms with Crippen molar-refractivity contribution in [1.82, 2.24) is 0 Å². The van der Waals surface area contributed by atoms with Crippen molar-refractivity contribution >= 4 is 16.9 Å². The smallest absolute Gasteiger partial charge is 0.156 e. The summed E-state index contributed by atoms with van der Waals surface area (Å²) in [5.74, 6) is 0.